The van der Waals surface area contributed by atoms with Crippen LogP contribution in [0.3, 0.4) is 0 Å². The van der Waals surface area contributed by atoms with Crippen LogP contribution in [0.25, 0.3) is 5.52 Å². The van der Waals surface area contributed by atoms with Crippen molar-refractivity contribution in [2.75, 3.05) is 13.6 Å². The first-order chi connectivity index (χ1) is 8.22. The summed E-state index contributed by atoms with van der Waals surface area (Å²) in [6.07, 6.45) is 5.72. The van der Waals surface area contributed by atoms with E-state index in [1.54, 1.807) is 15.3 Å². The molecule has 0 spiro atoms. The van der Waals surface area contributed by atoms with Crippen molar-refractivity contribution in [3.8, 4) is 0 Å². The molecule has 2 heterocycles. The van der Waals surface area contributed by atoms with E-state index in [-0.39, 0.29) is 5.56 Å². The summed E-state index contributed by atoms with van der Waals surface area (Å²) in [6.45, 7) is 3.65. The Labute approximate surface area is 100 Å². The molecule has 0 saturated carbocycles. The highest BCUT2D eigenvalue weighted by molar-refractivity contribution is 5.44. The average molecular weight is 234 g/mol. The molecule has 17 heavy (non-hydrogen) atoms. The van der Waals surface area contributed by atoms with Crippen molar-refractivity contribution >= 4 is 5.52 Å². The highest BCUT2D eigenvalue weighted by Crippen LogP contribution is 2.00. The van der Waals surface area contributed by atoms with E-state index in [9.17, 15) is 4.79 Å². The fourth-order valence-corrected chi connectivity index (χ4v) is 1.91. The second kappa shape index (κ2) is 5.14. The van der Waals surface area contributed by atoms with Gasteiger partial charge in [-0.05, 0) is 39.4 Å². The number of aromatic nitrogens is 3. The van der Waals surface area contributed by atoms with Gasteiger partial charge in [0.25, 0.3) is 5.56 Å². The number of rotatable bonds is 5. The van der Waals surface area contributed by atoms with Crippen LogP contribution in [0, 0.1) is 6.92 Å². The Kier molecular flexibility index (Phi) is 3.58. The van der Waals surface area contributed by atoms with Gasteiger partial charge in [0.15, 0.2) is 0 Å². The van der Waals surface area contributed by atoms with E-state index in [1.807, 2.05) is 26.2 Å². The van der Waals surface area contributed by atoms with Gasteiger partial charge in [-0.1, -0.05) is 0 Å². The molecular weight excluding hydrogens is 216 g/mol. The van der Waals surface area contributed by atoms with Crippen LogP contribution in [-0.4, -0.2) is 27.8 Å². The van der Waals surface area contributed by atoms with Crippen LogP contribution < -0.4 is 10.9 Å². The summed E-state index contributed by atoms with van der Waals surface area (Å²) < 4.78 is 3.40. The van der Waals surface area contributed by atoms with Gasteiger partial charge in [-0.15, -0.1) is 0 Å². The Bertz CT molecular complexity index is 555. The van der Waals surface area contributed by atoms with Crippen LogP contribution in [0.5, 0.6) is 0 Å². The van der Waals surface area contributed by atoms with E-state index < -0.39 is 0 Å². The lowest BCUT2D eigenvalue weighted by Gasteiger charge is -2.05. The molecule has 0 radical (unpaired) electrons. The fourth-order valence-electron chi connectivity index (χ4n) is 1.91. The molecule has 0 fully saturated rings. The van der Waals surface area contributed by atoms with Crippen LogP contribution >= 0.6 is 0 Å². The summed E-state index contributed by atoms with van der Waals surface area (Å²) >= 11 is 0. The zero-order valence-corrected chi connectivity index (χ0v) is 10.3. The van der Waals surface area contributed by atoms with Gasteiger partial charge >= 0.3 is 0 Å². The Balaban J connectivity index is 2.18. The molecule has 2 aromatic rings. The fraction of sp³-hybridized carbons (Fsp3) is 0.500. The number of hydrogen-bond donors (Lipinski definition) is 1. The second-order valence-electron chi connectivity index (χ2n) is 4.22. The largest absolute Gasteiger partial charge is 0.320 e. The van der Waals surface area contributed by atoms with Crippen LogP contribution in [-0.2, 0) is 6.54 Å². The lowest BCUT2D eigenvalue weighted by Crippen LogP contribution is -2.21. The zero-order chi connectivity index (χ0) is 12.3. The summed E-state index contributed by atoms with van der Waals surface area (Å²) in [5.41, 5.74) is 1.56. The zero-order valence-electron chi connectivity index (χ0n) is 10.3. The SMILES string of the molecule is CNCCCCn1ccn2nc(C)cc2c1=O. The molecule has 0 aliphatic rings. The molecule has 0 aromatic carbocycles. The minimum atomic E-state index is 0.0394. The van der Waals surface area contributed by atoms with Crippen molar-refractivity contribution in [3.05, 3.63) is 34.5 Å². The van der Waals surface area contributed by atoms with Gasteiger partial charge in [0.2, 0.25) is 0 Å². The standard InChI is InChI=1S/C12H18N4O/c1-10-9-11-12(17)15(6-4-3-5-13-2)7-8-16(11)14-10/h7-9,13H,3-6H2,1-2H3. The third-order valence-corrected chi connectivity index (χ3v) is 2.80. The van der Waals surface area contributed by atoms with E-state index in [1.165, 1.54) is 0 Å². The van der Waals surface area contributed by atoms with Gasteiger partial charge in [0.05, 0.1) is 5.69 Å². The van der Waals surface area contributed by atoms with Gasteiger partial charge in [-0.2, -0.15) is 5.10 Å². The normalized spacial score (nSPS) is 11.2. The highest BCUT2D eigenvalue weighted by atomic mass is 16.1. The van der Waals surface area contributed by atoms with Gasteiger partial charge in [0.1, 0.15) is 5.52 Å². The number of unbranched alkanes of at least 4 members (excludes halogenated alkanes) is 1. The maximum atomic E-state index is 12.1. The summed E-state index contributed by atoms with van der Waals surface area (Å²) in [5, 5.41) is 7.32. The molecule has 0 saturated heterocycles. The summed E-state index contributed by atoms with van der Waals surface area (Å²) in [6, 6.07) is 1.83. The molecule has 0 unspecified atom stereocenters. The van der Waals surface area contributed by atoms with Crippen LogP contribution in [0.1, 0.15) is 18.5 Å². The molecule has 5 nitrogen and oxygen atoms in total. The number of fused-ring (bicyclic) bond motifs is 1. The molecule has 2 rings (SSSR count). The van der Waals surface area contributed by atoms with Crippen molar-refractivity contribution in [2.45, 2.75) is 26.3 Å². The number of aryl methyl sites for hydroxylation is 2. The van der Waals surface area contributed by atoms with E-state index in [0.29, 0.717) is 5.52 Å². The minimum Gasteiger partial charge on any atom is -0.320 e. The Morgan fingerprint density at radius 2 is 2.18 bits per heavy atom. The molecule has 0 amide bonds. The first-order valence-corrected chi connectivity index (χ1v) is 5.92. The number of nitrogens with zero attached hydrogens (tertiary/aromatic N) is 3. The monoisotopic (exact) mass is 234 g/mol. The van der Waals surface area contributed by atoms with E-state index >= 15 is 0 Å². The molecule has 0 aliphatic heterocycles. The quantitative estimate of drug-likeness (QED) is 0.779. The third kappa shape index (κ3) is 2.55. The van der Waals surface area contributed by atoms with Crippen molar-refractivity contribution < 1.29 is 0 Å². The summed E-state index contributed by atoms with van der Waals surface area (Å²) in [4.78, 5) is 12.1. The van der Waals surface area contributed by atoms with E-state index in [2.05, 4.69) is 10.4 Å². The van der Waals surface area contributed by atoms with Gasteiger partial charge < -0.3 is 9.88 Å². The van der Waals surface area contributed by atoms with E-state index in [4.69, 9.17) is 0 Å². The first kappa shape index (κ1) is 11.9. The molecule has 0 aliphatic carbocycles. The topological polar surface area (TPSA) is 51.3 Å². The lowest BCUT2D eigenvalue weighted by molar-refractivity contribution is 0.576. The lowest BCUT2D eigenvalue weighted by atomic mass is 10.3. The molecule has 1 N–H and O–H groups in total. The van der Waals surface area contributed by atoms with Crippen molar-refractivity contribution in [1.82, 2.24) is 19.5 Å². The predicted octanol–water partition coefficient (Wildman–Crippen LogP) is 0.804. The first-order valence-electron chi connectivity index (χ1n) is 5.92. The van der Waals surface area contributed by atoms with Gasteiger partial charge in [-0.25, -0.2) is 4.52 Å². The maximum absolute atomic E-state index is 12.1. The van der Waals surface area contributed by atoms with Crippen molar-refractivity contribution in [3.63, 3.8) is 0 Å². The maximum Gasteiger partial charge on any atom is 0.276 e. The molecule has 5 heteroatoms. The van der Waals surface area contributed by atoms with Crippen molar-refractivity contribution in [2.24, 2.45) is 0 Å². The summed E-state index contributed by atoms with van der Waals surface area (Å²) in [5.74, 6) is 0. The molecule has 2 aromatic heterocycles. The van der Waals surface area contributed by atoms with Crippen LogP contribution in [0.2, 0.25) is 0 Å². The highest BCUT2D eigenvalue weighted by Gasteiger charge is 2.04. The van der Waals surface area contributed by atoms with Crippen LogP contribution in [0.4, 0.5) is 0 Å². The second-order valence-corrected chi connectivity index (χ2v) is 4.22. The van der Waals surface area contributed by atoms with Crippen molar-refractivity contribution in [1.29, 1.82) is 0 Å². The smallest absolute Gasteiger partial charge is 0.276 e. The Morgan fingerprint density at radius 3 is 2.94 bits per heavy atom. The molecule has 0 atom stereocenters. The van der Waals surface area contributed by atoms with Crippen LogP contribution in [0.15, 0.2) is 23.3 Å². The molecule has 0 bridgehead atoms. The molecule has 92 valence electrons. The number of hydrogen-bond acceptors (Lipinski definition) is 3. The predicted molar refractivity (Wildman–Crippen MR) is 67.3 cm³/mol. The van der Waals surface area contributed by atoms with Gasteiger partial charge in [0, 0.05) is 18.9 Å². The number of nitrogens with one attached hydrogen (secondary N) is 1. The third-order valence-electron chi connectivity index (χ3n) is 2.80. The Morgan fingerprint density at radius 1 is 1.35 bits per heavy atom. The average Bonchev–Trinajstić information content (AvgIpc) is 2.69. The Hall–Kier alpha value is -1.62. The summed E-state index contributed by atoms with van der Waals surface area (Å²) in [7, 11) is 1.94. The molecular formula is C12H18N4O. The van der Waals surface area contributed by atoms with E-state index in [0.717, 1.165) is 31.6 Å². The minimum absolute atomic E-state index is 0.0394. The van der Waals surface area contributed by atoms with Gasteiger partial charge in [-0.3, -0.25) is 4.79 Å².